The molecule has 0 unspecified atom stereocenters. The number of nitrogens with zero attached hydrogens (tertiary/aromatic N) is 3. The zero-order valence-electron chi connectivity index (χ0n) is 40.1. The Kier molecular flexibility index (Phi) is 9.45. The van der Waals surface area contributed by atoms with Gasteiger partial charge in [-0.1, -0.05) is 224 Å². The van der Waals surface area contributed by atoms with Gasteiger partial charge in [-0.05, 0) is 125 Å². The maximum Gasteiger partial charge on any atom is 0.164 e. The third kappa shape index (κ3) is 6.45. The highest BCUT2D eigenvalue weighted by Gasteiger charge is 2.52. The molecule has 0 atom stereocenters. The molecule has 0 radical (unpaired) electrons. The molecule has 1 spiro atoms. The first-order valence-electron chi connectivity index (χ1n) is 25.2. The molecule has 2 heterocycles. The first kappa shape index (κ1) is 42.0. The summed E-state index contributed by atoms with van der Waals surface area (Å²) in [6.45, 7) is 0. The predicted octanol–water partition coefficient (Wildman–Crippen LogP) is 17.8. The molecule has 0 saturated heterocycles. The van der Waals surface area contributed by atoms with Crippen LogP contribution in [0.2, 0.25) is 0 Å². The predicted molar refractivity (Wildman–Crippen MR) is 301 cm³/mol. The van der Waals surface area contributed by atoms with Gasteiger partial charge >= 0.3 is 0 Å². The van der Waals surface area contributed by atoms with E-state index in [9.17, 15) is 0 Å². The van der Waals surface area contributed by atoms with E-state index in [2.05, 4.69) is 237 Å². The minimum absolute atomic E-state index is 0.406. The molecule has 2 aliphatic rings. The second kappa shape index (κ2) is 16.7. The molecule has 2 aliphatic carbocycles. The molecule has 13 aromatic rings. The monoisotopic (exact) mass is 941 g/mol. The van der Waals surface area contributed by atoms with Gasteiger partial charge in [-0.25, -0.2) is 15.0 Å². The number of hydrogen-bond donors (Lipinski definition) is 0. The standard InChI is InChI=1S/C70H43N3O/c1-3-18-44(19-4-1)46-22-14-26-51(41-46)67-71-68(52-27-15-23-47(42-52)45-20-5-2-6-21-45)73-69(72-67)57-32-17-37-64-66(57)58-43-49(38-39-63(58)74-64)48-24-13-25-50(40-48)53-31-16-36-62-65(53)56-30-9-12-35-61(56)70(62)59-33-10-7-28-54(59)55-29-8-11-34-60(55)70/h1-43H. The fourth-order valence-corrected chi connectivity index (χ4v) is 12.1. The molecule has 0 bridgehead atoms. The maximum atomic E-state index is 6.67. The minimum atomic E-state index is -0.406. The van der Waals surface area contributed by atoms with Crippen LogP contribution in [-0.2, 0) is 5.41 Å². The number of fused-ring (bicyclic) bond motifs is 13. The van der Waals surface area contributed by atoms with E-state index in [4.69, 9.17) is 19.4 Å². The number of furan rings is 1. The van der Waals surface area contributed by atoms with Crippen LogP contribution in [0.5, 0.6) is 0 Å². The molecular formula is C70H43N3O. The zero-order valence-corrected chi connectivity index (χ0v) is 40.1. The van der Waals surface area contributed by atoms with Crippen molar-refractivity contribution in [1.82, 2.24) is 15.0 Å². The van der Waals surface area contributed by atoms with Gasteiger partial charge in [-0.2, -0.15) is 0 Å². The molecule has 4 nitrogen and oxygen atoms in total. The van der Waals surface area contributed by atoms with E-state index in [-0.39, 0.29) is 0 Å². The number of rotatable bonds is 7. The van der Waals surface area contributed by atoms with E-state index < -0.39 is 5.41 Å². The van der Waals surface area contributed by atoms with Crippen LogP contribution < -0.4 is 0 Å². The van der Waals surface area contributed by atoms with Gasteiger partial charge in [0.2, 0.25) is 0 Å². The smallest absolute Gasteiger partial charge is 0.164 e. The lowest BCUT2D eigenvalue weighted by Gasteiger charge is -2.30. The molecule has 11 aromatic carbocycles. The van der Waals surface area contributed by atoms with Gasteiger partial charge in [0.15, 0.2) is 17.5 Å². The molecule has 0 amide bonds. The second-order valence-corrected chi connectivity index (χ2v) is 19.4. The first-order chi connectivity index (χ1) is 36.7. The minimum Gasteiger partial charge on any atom is -0.456 e. The molecule has 0 fully saturated rings. The normalized spacial score (nSPS) is 12.7. The zero-order chi connectivity index (χ0) is 48.7. The largest absolute Gasteiger partial charge is 0.456 e. The lowest BCUT2D eigenvalue weighted by atomic mass is 9.70. The number of hydrogen-bond acceptors (Lipinski definition) is 4. The summed E-state index contributed by atoms with van der Waals surface area (Å²) in [4.78, 5) is 15.8. The van der Waals surface area contributed by atoms with Crippen molar-refractivity contribution in [2.75, 3.05) is 0 Å². The van der Waals surface area contributed by atoms with Crippen molar-refractivity contribution < 1.29 is 4.42 Å². The molecule has 344 valence electrons. The lowest BCUT2D eigenvalue weighted by molar-refractivity contribution is 0.669. The SMILES string of the molecule is c1ccc(-c2cccc(-c3nc(-c4cccc(-c5ccccc5)c4)nc(-c4cccc5oc6ccc(-c7cccc(-c8cccc9c8-c8ccccc8C98c9ccccc9-c9ccccc98)c7)cc6c45)n3)c2)cc1. The molecule has 0 saturated carbocycles. The van der Waals surface area contributed by atoms with Crippen LogP contribution in [0.4, 0.5) is 0 Å². The summed E-state index contributed by atoms with van der Waals surface area (Å²) < 4.78 is 6.67. The fourth-order valence-electron chi connectivity index (χ4n) is 12.1. The molecule has 0 aliphatic heterocycles. The third-order valence-electron chi connectivity index (χ3n) is 15.4. The van der Waals surface area contributed by atoms with Crippen LogP contribution >= 0.6 is 0 Å². The molecule has 0 N–H and O–H groups in total. The Morgan fingerprint density at radius 2 is 0.676 bits per heavy atom. The van der Waals surface area contributed by atoms with E-state index in [0.29, 0.717) is 17.5 Å². The van der Waals surface area contributed by atoms with Crippen molar-refractivity contribution in [3.05, 3.63) is 283 Å². The van der Waals surface area contributed by atoms with Crippen molar-refractivity contribution in [2.24, 2.45) is 0 Å². The van der Waals surface area contributed by atoms with Crippen LogP contribution in [0, 0.1) is 0 Å². The lowest BCUT2D eigenvalue weighted by Crippen LogP contribution is -2.25. The second-order valence-electron chi connectivity index (χ2n) is 19.4. The van der Waals surface area contributed by atoms with Crippen molar-refractivity contribution >= 4 is 21.9 Å². The molecular weight excluding hydrogens is 899 g/mol. The Balaban J connectivity index is 0.874. The van der Waals surface area contributed by atoms with Gasteiger partial charge in [0.05, 0.1) is 5.41 Å². The average Bonchev–Trinajstić information content (AvgIpc) is 4.19. The Morgan fingerprint density at radius 3 is 1.31 bits per heavy atom. The van der Waals surface area contributed by atoms with Crippen LogP contribution in [0.1, 0.15) is 22.3 Å². The van der Waals surface area contributed by atoms with Gasteiger partial charge in [0.1, 0.15) is 11.2 Å². The van der Waals surface area contributed by atoms with Gasteiger partial charge in [0.25, 0.3) is 0 Å². The molecule has 2 aromatic heterocycles. The fraction of sp³-hybridized carbons (Fsp3) is 0.0143. The summed E-state index contributed by atoms with van der Waals surface area (Å²) in [5.41, 5.74) is 23.4. The Morgan fingerprint density at radius 1 is 0.257 bits per heavy atom. The quantitative estimate of drug-likeness (QED) is 0.160. The Hall–Kier alpha value is -9.77. The number of benzene rings is 11. The van der Waals surface area contributed by atoms with Crippen LogP contribution in [0.15, 0.2) is 265 Å². The molecule has 15 rings (SSSR count). The topological polar surface area (TPSA) is 51.8 Å². The van der Waals surface area contributed by atoms with E-state index in [0.717, 1.165) is 72.0 Å². The maximum absolute atomic E-state index is 6.67. The van der Waals surface area contributed by atoms with E-state index in [1.807, 2.05) is 24.3 Å². The highest BCUT2D eigenvalue weighted by Crippen LogP contribution is 2.64. The van der Waals surface area contributed by atoms with Crippen molar-refractivity contribution in [3.8, 4) is 101 Å². The van der Waals surface area contributed by atoms with E-state index in [1.54, 1.807) is 0 Å². The molecule has 4 heteroatoms. The van der Waals surface area contributed by atoms with Crippen LogP contribution in [0.3, 0.4) is 0 Å². The highest BCUT2D eigenvalue weighted by molar-refractivity contribution is 6.13. The van der Waals surface area contributed by atoms with Gasteiger partial charge in [-0.15, -0.1) is 0 Å². The van der Waals surface area contributed by atoms with Crippen LogP contribution in [-0.4, -0.2) is 15.0 Å². The van der Waals surface area contributed by atoms with Crippen molar-refractivity contribution in [2.45, 2.75) is 5.41 Å². The Bertz CT molecular complexity index is 4230. The summed E-state index contributed by atoms with van der Waals surface area (Å²) in [7, 11) is 0. The summed E-state index contributed by atoms with van der Waals surface area (Å²) in [6.07, 6.45) is 0. The first-order valence-corrected chi connectivity index (χ1v) is 25.2. The molecule has 74 heavy (non-hydrogen) atoms. The summed E-state index contributed by atoms with van der Waals surface area (Å²) in [5, 5.41) is 1.95. The van der Waals surface area contributed by atoms with E-state index in [1.165, 1.54) is 55.6 Å². The summed E-state index contributed by atoms with van der Waals surface area (Å²) in [6, 6.07) is 93.4. The van der Waals surface area contributed by atoms with Crippen LogP contribution in [0.25, 0.3) is 123 Å². The van der Waals surface area contributed by atoms with Gasteiger partial charge in [-0.3, -0.25) is 0 Å². The highest BCUT2D eigenvalue weighted by atomic mass is 16.3. The number of aromatic nitrogens is 3. The summed E-state index contributed by atoms with van der Waals surface area (Å²) >= 11 is 0. The van der Waals surface area contributed by atoms with Crippen molar-refractivity contribution in [1.29, 1.82) is 0 Å². The van der Waals surface area contributed by atoms with Gasteiger partial charge in [0, 0.05) is 27.5 Å². The average molecular weight is 942 g/mol. The summed E-state index contributed by atoms with van der Waals surface area (Å²) in [5.74, 6) is 1.76. The van der Waals surface area contributed by atoms with Gasteiger partial charge < -0.3 is 4.42 Å². The Labute approximate surface area is 428 Å². The van der Waals surface area contributed by atoms with E-state index >= 15 is 0 Å². The third-order valence-corrected chi connectivity index (χ3v) is 15.4. The van der Waals surface area contributed by atoms with Crippen molar-refractivity contribution in [3.63, 3.8) is 0 Å².